The molecule has 268 valence electrons. The van der Waals surface area contributed by atoms with E-state index in [1.165, 1.54) is 0 Å². The highest BCUT2D eigenvalue weighted by Gasteiger charge is 2.16. The first-order valence-electron chi connectivity index (χ1n) is 18.3. The van der Waals surface area contributed by atoms with Gasteiger partial charge in [0.2, 0.25) is 5.91 Å². The highest BCUT2D eigenvalue weighted by Crippen LogP contribution is 2.37. The second kappa shape index (κ2) is 17.9. The van der Waals surface area contributed by atoms with Crippen LogP contribution in [-0.2, 0) is 4.79 Å². The molecule has 0 heterocycles. The van der Waals surface area contributed by atoms with Crippen LogP contribution in [0.4, 0.5) is 56.9 Å². The van der Waals surface area contributed by atoms with Crippen LogP contribution in [0.25, 0.3) is 0 Å². The van der Waals surface area contributed by atoms with Gasteiger partial charge in [-0.3, -0.25) is 9.69 Å². The highest BCUT2D eigenvalue weighted by molar-refractivity contribution is 5.99. The van der Waals surface area contributed by atoms with Crippen molar-refractivity contribution in [3.8, 4) is 0 Å². The Hall–Kier alpha value is -7.37. The monoisotopic (exact) mass is 714 g/mol. The largest absolute Gasteiger partial charge is 0.356 e. The summed E-state index contributed by atoms with van der Waals surface area (Å²) in [6.45, 7) is 1.58. The smallest absolute Gasteiger partial charge is 0.228 e. The number of hydrogen-bond donors (Lipinski definition) is 1. The second-order valence-electron chi connectivity index (χ2n) is 12.8. The number of carbonyl (C=O) groups is 1. The summed E-state index contributed by atoms with van der Waals surface area (Å²) in [6, 6.07) is 77.9. The van der Waals surface area contributed by atoms with Crippen molar-refractivity contribution in [2.75, 3.05) is 20.0 Å². The van der Waals surface area contributed by atoms with Gasteiger partial charge in [0.15, 0.2) is 0 Å². The average molecular weight is 715 g/mol. The molecular weight excluding hydrogens is 673 g/mol. The van der Waals surface area contributed by atoms with Crippen LogP contribution in [0.15, 0.2) is 231 Å². The topological polar surface area (TPSA) is 38.8 Å². The number of benzene rings is 8. The van der Waals surface area contributed by atoms with Crippen LogP contribution < -0.4 is 20.0 Å². The number of para-hydroxylation sites is 6. The van der Waals surface area contributed by atoms with Crippen LogP contribution in [0.3, 0.4) is 0 Å². The van der Waals surface area contributed by atoms with E-state index in [1.807, 2.05) is 121 Å². The van der Waals surface area contributed by atoms with Gasteiger partial charge in [0.25, 0.3) is 0 Å². The minimum atomic E-state index is -0.0214. The lowest BCUT2D eigenvalue weighted by Gasteiger charge is -2.27. The molecule has 55 heavy (non-hydrogen) atoms. The average Bonchev–Trinajstić information content (AvgIpc) is 3.25. The van der Waals surface area contributed by atoms with E-state index >= 15 is 0 Å². The third kappa shape index (κ3) is 9.17. The third-order valence-corrected chi connectivity index (χ3v) is 8.94. The number of nitrogens with one attached hydrogen (secondary N) is 1. The Labute approximate surface area is 324 Å². The van der Waals surface area contributed by atoms with Crippen LogP contribution in [0.1, 0.15) is 6.92 Å². The van der Waals surface area contributed by atoms with Crippen molar-refractivity contribution >= 4 is 62.8 Å². The van der Waals surface area contributed by atoms with Crippen molar-refractivity contribution in [1.82, 2.24) is 0 Å². The number of hydrogen-bond acceptors (Lipinski definition) is 4. The molecule has 0 spiro atoms. The normalized spacial score (nSPS) is 10.3. The maximum Gasteiger partial charge on any atom is 0.228 e. The fourth-order valence-electron chi connectivity index (χ4n) is 6.43. The molecule has 5 heteroatoms. The quantitative estimate of drug-likeness (QED) is 0.153. The van der Waals surface area contributed by atoms with Gasteiger partial charge in [-0.15, -0.1) is 0 Å². The maximum atomic E-state index is 12.3. The van der Waals surface area contributed by atoms with E-state index in [-0.39, 0.29) is 5.91 Å². The molecule has 0 fully saturated rings. The maximum absolute atomic E-state index is 12.3. The fraction of sp³-hybridized carbons (Fsp3) is 0.0200. The standard InChI is InChI=1S/C26H22N2O.C24H20N2/c1-21(29)27(22-11-5-2-6-12-22)25-17-19-26(20-18-25)28(23-13-7-3-8-14-23)24-15-9-4-10-16-24;1-4-10-20(11-5-1)25-21-16-18-24(19-17-21)26(22-12-6-2-7-13-22)23-14-8-3-9-15-23/h2-20H,1H3;1-19,25H. The molecule has 0 aliphatic heterocycles. The summed E-state index contributed by atoms with van der Waals surface area (Å²) in [7, 11) is 0. The Morgan fingerprint density at radius 3 is 0.891 bits per heavy atom. The Balaban J connectivity index is 0.000000170. The summed E-state index contributed by atoms with van der Waals surface area (Å²) in [5.74, 6) is -0.0214. The number of rotatable bonds is 10. The number of carbonyl (C=O) groups excluding carboxylic acids is 1. The molecule has 1 amide bonds. The van der Waals surface area contributed by atoms with Gasteiger partial charge in [0, 0.05) is 63.8 Å². The summed E-state index contributed by atoms with van der Waals surface area (Å²) in [5, 5.41) is 3.43. The molecule has 8 aromatic rings. The van der Waals surface area contributed by atoms with Gasteiger partial charge in [0.05, 0.1) is 0 Å². The first-order chi connectivity index (χ1) is 27.1. The predicted octanol–water partition coefficient (Wildman–Crippen LogP) is 13.7. The molecule has 8 aromatic carbocycles. The third-order valence-electron chi connectivity index (χ3n) is 8.94. The van der Waals surface area contributed by atoms with Gasteiger partial charge in [-0.2, -0.15) is 0 Å². The molecule has 0 aliphatic rings. The van der Waals surface area contributed by atoms with Gasteiger partial charge in [-0.1, -0.05) is 109 Å². The second-order valence-corrected chi connectivity index (χ2v) is 12.8. The molecule has 0 saturated carbocycles. The molecule has 8 rings (SSSR count). The SMILES string of the molecule is CC(=O)N(c1ccccc1)c1ccc(N(c2ccccc2)c2ccccc2)cc1.c1ccc(Nc2ccc(N(c3ccccc3)c3ccccc3)cc2)cc1. The zero-order valence-corrected chi connectivity index (χ0v) is 30.7. The highest BCUT2D eigenvalue weighted by atomic mass is 16.2. The van der Waals surface area contributed by atoms with E-state index in [0.717, 1.165) is 56.9 Å². The number of anilines is 10. The van der Waals surface area contributed by atoms with Crippen molar-refractivity contribution < 1.29 is 4.79 Å². The summed E-state index contributed by atoms with van der Waals surface area (Å²) in [5.41, 5.74) is 10.5. The molecule has 5 nitrogen and oxygen atoms in total. The molecular formula is C50H42N4O. The summed E-state index contributed by atoms with van der Waals surface area (Å²) in [4.78, 5) is 18.5. The molecule has 0 atom stereocenters. The number of amides is 1. The number of nitrogens with zero attached hydrogens (tertiary/aromatic N) is 3. The van der Waals surface area contributed by atoms with Gasteiger partial charge in [0.1, 0.15) is 0 Å². The lowest BCUT2D eigenvalue weighted by Crippen LogP contribution is -2.22. The van der Waals surface area contributed by atoms with Crippen molar-refractivity contribution in [3.05, 3.63) is 231 Å². The molecule has 0 unspecified atom stereocenters. The molecule has 0 bridgehead atoms. The first kappa shape index (κ1) is 36.0. The van der Waals surface area contributed by atoms with E-state index in [2.05, 4.69) is 124 Å². The molecule has 0 aliphatic carbocycles. The zero-order chi connectivity index (χ0) is 37.7. The Bertz CT molecular complexity index is 2260. The fourth-order valence-corrected chi connectivity index (χ4v) is 6.43. The minimum absolute atomic E-state index is 0.0214. The van der Waals surface area contributed by atoms with Crippen LogP contribution in [0.5, 0.6) is 0 Å². The van der Waals surface area contributed by atoms with Crippen LogP contribution >= 0.6 is 0 Å². The minimum Gasteiger partial charge on any atom is -0.356 e. The van der Waals surface area contributed by atoms with E-state index in [9.17, 15) is 4.79 Å². The lowest BCUT2D eigenvalue weighted by molar-refractivity contribution is -0.115. The van der Waals surface area contributed by atoms with Crippen molar-refractivity contribution in [2.24, 2.45) is 0 Å². The van der Waals surface area contributed by atoms with Gasteiger partial charge < -0.3 is 15.1 Å². The Morgan fingerprint density at radius 1 is 0.309 bits per heavy atom. The summed E-state index contributed by atoms with van der Waals surface area (Å²) >= 11 is 0. The zero-order valence-electron chi connectivity index (χ0n) is 30.7. The van der Waals surface area contributed by atoms with Gasteiger partial charge in [-0.05, 0) is 121 Å². The van der Waals surface area contributed by atoms with E-state index < -0.39 is 0 Å². The molecule has 0 radical (unpaired) electrons. The Morgan fingerprint density at radius 2 is 0.545 bits per heavy atom. The first-order valence-corrected chi connectivity index (χ1v) is 18.3. The molecule has 0 aromatic heterocycles. The Kier molecular flexibility index (Phi) is 11.7. The van der Waals surface area contributed by atoms with Gasteiger partial charge in [-0.25, -0.2) is 0 Å². The van der Waals surface area contributed by atoms with E-state index in [0.29, 0.717) is 0 Å². The van der Waals surface area contributed by atoms with Crippen LogP contribution in [0.2, 0.25) is 0 Å². The van der Waals surface area contributed by atoms with Crippen molar-refractivity contribution in [1.29, 1.82) is 0 Å². The van der Waals surface area contributed by atoms with Crippen LogP contribution in [0, 0.1) is 0 Å². The molecule has 1 N–H and O–H groups in total. The van der Waals surface area contributed by atoms with E-state index in [4.69, 9.17) is 0 Å². The molecule has 0 saturated heterocycles. The van der Waals surface area contributed by atoms with E-state index in [1.54, 1.807) is 11.8 Å². The predicted molar refractivity (Wildman–Crippen MR) is 231 cm³/mol. The summed E-state index contributed by atoms with van der Waals surface area (Å²) < 4.78 is 0. The van der Waals surface area contributed by atoms with Crippen LogP contribution in [-0.4, -0.2) is 5.91 Å². The lowest BCUT2D eigenvalue weighted by atomic mass is 10.1. The van der Waals surface area contributed by atoms with Crippen molar-refractivity contribution in [2.45, 2.75) is 6.92 Å². The van der Waals surface area contributed by atoms with Gasteiger partial charge >= 0.3 is 0 Å². The summed E-state index contributed by atoms with van der Waals surface area (Å²) in [6.07, 6.45) is 0. The van der Waals surface area contributed by atoms with Crippen molar-refractivity contribution in [3.63, 3.8) is 0 Å².